The minimum atomic E-state index is -0.739. The van der Waals surface area contributed by atoms with Gasteiger partial charge >= 0.3 is 13.2 Å². The molecule has 1 atom stereocenters. The molecule has 0 aromatic heterocycles. The standard InChI is InChI=1S/C13H22BNO4/c1-12(2)13(3,4)19-14(18-12)9-6-5-7-10(8-9)17-11(15)16/h8,10H,5-7H2,1-4H3,(H2,15,16). The van der Waals surface area contributed by atoms with Crippen LogP contribution in [0.25, 0.3) is 0 Å². The molecule has 2 aliphatic rings. The Labute approximate surface area is 114 Å². The molecule has 1 aliphatic heterocycles. The number of rotatable bonds is 2. The van der Waals surface area contributed by atoms with E-state index in [0.29, 0.717) is 0 Å². The first-order valence-corrected chi connectivity index (χ1v) is 6.73. The maximum atomic E-state index is 10.8. The van der Waals surface area contributed by atoms with Crippen LogP contribution in [-0.2, 0) is 14.0 Å². The fourth-order valence-corrected chi connectivity index (χ4v) is 2.35. The number of ether oxygens (including phenoxy) is 1. The second-order valence-electron chi connectivity index (χ2n) is 6.20. The predicted molar refractivity (Wildman–Crippen MR) is 72.5 cm³/mol. The van der Waals surface area contributed by atoms with E-state index in [9.17, 15) is 4.79 Å². The van der Waals surface area contributed by atoms with Crippen LogP contribution in [0.4, 0.5) is 4.79 Å². The number of carbonyl (C=O) groups is 1. The molecule has 0 aromatic carbocycles. The molecule has 2 rings (SSSR count). The van der Waals surface area contributed by atoms with Crippen LogP contribution in [0.1, 0.15) is 47.0 Å². The molecule has 0 aromatic rings. The van der Waals surface area contributed by atoms with E-state index in [1.54, 1.807) is 0 Å². The van der Waals surface area contributed by atoms with Crippen LogP contribution in [0, 0.1) is 0 Å². The average Bonchev–Trinajstić information content (AvgIpc) is 2.47. The lowest BCUT2D eigenvalue weighted by molar-refractivity contribution is 0.00578. The van der Waals surface area contributed by atoms with Crippen LogP contribution < -0.4 is 5.73 Å². The first-order valence-electron chi connectivity index (χ1n) is 6.73. The van der Waals surface area contributed by atoms with Crippen LogP contribution in [0.2, 0.25) is 0 Å². The van der Waals surface area contributed by atoms with Crippen molar-refractivity contribution in [2.24, 2.45) is 5.73 Å². The van der Waals surface area contributed by atoms with Gasteiger partial charge in [-0.05, 0) is 58.5 Å². The zero-order valence-electron chi connectivity index (χ0n) is 12.1. The lowest BCUT2D eigenvalue weighted by Gasteiger charge is -2.32. The zero-order chi connectivity index (χ0) is 14.3. The number of nitrogens with two attached hydrogens (primary N) is 1. The molecule has 0 saturated carbocycles. The molecule has 2 N–H and O–H groups in total. The molecule has 5 nitrogen and oxygen atoms in total. The van der Waals surface area contributed by atoms with Crippen molar-refractivity contribution in [3.63, 3.8) is 0 Å². The van der Waals surface area contributed by atoms with Gasteiger partial charge in [0.2, 0.25) is 0 Å². The van der Waals surface area contributed by atoms with E-state index in [-0.39, 0.29) is 24.4 Å². The van der Waals surface area contributed by atoms with Crippen molar-refractivity contribution in [1.82, 2.24) is 0 Å². The van der Waals surface area contributed by atoms with E-state index < -0.39 is 6.09 Å². The van der Waals surface area contributed by atoms with Crippen LogP contribution >= 0.6 is 0 Å². The maximum absolute atomic E-state index is 10.8. The molecule has 106 valence electrons. The predicted octanol–water partition coefficient (Wildman–Crippen LogP) is 2.19. The lowest BCUT2D eigenvalue weighted by atomic mass is 9.72. The molecule has 19 heavy (non-hydrogen) atoms. The van der Waals surface area contributed by atoms with Crippen molar-refractivity contribution >= 4 is 13.2 Å². The molecule has 1 saturated heterocycles. The molecule has 1 fully saturated rings. The summed E-state index contributed by atoms with van der Waals surface area (Å²) in [6.07, 6.45) is 3.54. The van der Waals surface area contributed by atoms with Gasteiger partial charge in [-0.3, -0.25) is 0 Å². The van der Waals surface area contributed by atoms with Crippen molar-refractivity contribution in [3.8, 4) is 0 Å². The zero-order valence-corrected chi connectivity index (χ0v) is 12.1. The van der Waals surface area contributed by atoms with E-state index >= 15 is 0 Å². The second-order valence-corrected chi connectivity index (χ2v) is 6.20. The largest absolute Gasteiger partial charge is 0.490 e. The van der Waals surface area contributed by atoms with Crippen LogP contribution in [0.5, 0.6) is 0 Å². The van der Waals surface area contributed by atoms with Gasteiger partial charge in [-0.2, -0.15) is 0 Å². The molecule has 6 heteroatoms. The third-order valence-electron chi connectivity index (χ3n) is 4.18. The number of hydrogen-bond acceptors (Lipinski definition) is 4. The Hall–Kier alpha value is -1.01. The van der Waals surface area contributed by atoms with Gasteiger partial charge in [0.25, 0.3) is 0 Å². The molecule has 1 amide bonds. The van der Waals surface area contributed by atoms with E-state index in [2.05, 4.69) is 0 Å². The Bertz CT molecular complexity index is 389. The summed E-state index contributed by atoms with van der Waals surface area (Å²) in [4.78, 5) is 10.8. The summed E-state index contributed by atoms with van der Waals surface area (Å²) in [5, 5.41) is 0. The van der Waals surface area contributed by atoms with E-state index in [1.807, 2.05) is 33.8 Å². The first kappa shape index (κ1) is 14.4. The van der Waals surface area contributed by atoms with Crippen LogP contribution in [-0.4, -0.2) is 30.5 Å². The smallest absolute Gasteiger partial charge is 0.442 e. The van der Waals surface area contributed by atoms with Gasteiger partial charge in [0.15, 0.2) is 0 Å². The Balaban J connectivity index is 2.10. The van der Waals surface area contributed by atoms with Gasteiger partial charge < -0.3 is 19.8 Å². The molecule has 0 bridgehead atoms. The summed E-state index contributed by atoms with van der Waals surface area (Å²) in [6, 6.07) is 0. The Kier molecular flexibility index (Phi) is 3.66. The number of hydrogen-bond donors (Lipinski definition) is 1. The minimum absolute atomic E-state index is 0.264. The van der Waals surface area contributed by atoms with Gasteiger partial charge in [-0.25, -0.2) is 4.79 Å². The fraction of sp³-hybridized carbons (Fsp3) is 0.769. The quantitative estimate of drug-likeness (QED) is 0.778. The van der Waals surface area contributed by atoms with Crippen molar-refractivity contribution in [1.29, 1.82) is 0 Å². The van der Waals surface area contributed by atoms with Crippen LogP contribution in [0.15, 0.2) is 11.5 Å². The van der Waals surface area contributed by atoms with Crippen LogP contribution in [0.3, 0.4) is 0 Å². The number of carbonyl (C=O) groups excluding carboxylic acids is 1. The van der Waals surface area contributed by atoms with Gasteiger partial charge in [0, 0.05) is 0 Å². The number of primary amides is 1. The lowest BCUT2D eigenvalue weighted by Crippen LogP contribution is -2.41. The van der Waals surface area contributed by atoms with E-state index in [0.717, 1.165) is 24.7 Å². The van der Waals surface area contributed by atoms with Crippen molar-refractivity contribution in [3.05, 3.63) is 11.5 Å². The third kappa shape index (κ3) is 2.95. The summed E-state index contributed by atoms with van der Waals surface area (Å²) in [5.74, 6) is 0. The highest BCUT2D eigenvalue weighted by Crippen LogP contribution is 2.40. The summed E-state index contributed by atoms with van der Waals surface area (Å²) >= 11 is 0. The monoisotopic (exact) mass is 267 g/mol. The Morgan fingerprint density at radius 3 is 2.47 bits per heavy atom. The molecule has 1 unspecified atom stereocenters. The summed E-state index contributed by atoms with van der Waals surface area (Å²) in [7, 11) is -0.357. The van der Waals surface area contributed by atoms with E-state index in [4.69, 9.17) is 19.8 Å². The third-order valence-corrected chi connectivity index (χ3v) is 4.18. The van der Waals surface area contributed by atoms with Crippen molar-refractivity contribution < 1.29 is 18.8 Å². The Morgan fingerprint density at radius 1 is 1.37 bits per heavy atom. The average molecular weight is 267 g/mol. The van der Waals surface area contributed by atoms with E-state index in [1.165, 1.54) is 0 Å². The summed E-state index contributed by atoms with van der Waals surface area (Å²) < 4.78 is 17.0. The second kappa shape index (κ2) is 4.83. The topological polar surface area (TPSA) is 70.8 Å². The highest BCUT2D eigenvalue weighted by atomic mass is 16.7. The van der Waals surface area contributed by atoms with Crippen molar-refractivity contribution in [2.75, 3.05) is 0 Å². The van der Waals surface area contributed by atoms with Gasteiger partial charge in [0.1, 0.15) is 6.10 Å². The normalized spacial score (nSPS) is 28.9. The summed E-state index contributed by atoms with van der Waals surface area (Å²) in [6.45, 7) is 8.09. The Morgan fingerprint density at radius 2 is 1.95 bits per heavy atom. The molecule has 0 radical (unpaired) electrons. The molecule has 0 spiro atoms. The minimum Gasteiger partial charge on any atom is -0.442 e. The number of allylic oxidation sites excluding steroid dienone is 1. The van der Waals surface area contributed by atoms with Gasteiger partial charge in [-0.15, -0.1) is 0 Å². The SMILES string of the molecule is CC1(C)OB(C2=CC(OC(N)=O)CCC2)OC1(C)C. The maximum Gasteiger partial charge on any atom is 0.490 e. The molecule has 1 aliphatic carbocycles. The molecule has 1 heterocycles. The summed E-state index contributed by atoms with van der Waals surface area (Å²) in [5.41, 5.74) is 5.39. The van der Waals surface area contributed by atoms with Gasteiger partial charge in [-0.1, -0.05) is 0 Å². The van der Waals surface area contributed by atoms with Crippen molar-refractivity contribution in [2.45, 2.75) is 64.3 Å². The fourth-order valence-electron chi connectivity index (χ4n) is 2.35. The number of amides is 1. The highest BCUT2D eigenvalue weighted by Gasteiger charge is 2.52. The molecular weight excluding hydrogens is 245 g/mol. The van der Waals surface area contributed by atoms with Gasteiger partial charge in [0.05, 0.1) is 11.2 Å². The highest BCUT2D eigenvalue weighted by molar-refractivity contribution is 6.54. The molecular formula is C13H22BNO4. The first-order chi connectivity index (χ1) is 8.71.